The molecule has 0 saturated carbocycles. The van der Waals surface area contributed by atoms with Crippen LogP contribution in [0.2, 0.25) is 0 Å². The number of carbonyl (C=O) groups excluding carboxylic acids is 1. The Kier molecular flexibility index (Phi) is 4.96. The maximum Gasteiger partial charge on any atom is 0.198 e. The van der Waals surface area contributed by atoms with E-state index in [9.17, 15) is 4.79 Å². The zero-order chi connectivity index (χ0) is 7.82. The molecular formula is C7H10N2O. The summed E-state index contributed by atoms with van der Waals surface area (Å²) in [5.74, 6) is -0.142. The van der Waals surface area contributed by atoms with Crippen LogP contribution in [0.5, 0.6) is 0 Å². The van der Waals surface area contributed by atoms with Gasteiger partial charge in [-0.1, -0.05) is 12.7 Å². The molecule has 0 aromatic heterocycles. The number of ketones is 1. The van der Waals surface area contributed by atoms with E-state index in [0.29, 0.717) is 0 Å². The third-order valence-electron chi connectivity index (χ3n) is 0.689. The maximum atomic E-state index is 10.6. The van der Waals surface area contributed by atoms with Gasteiger partial charge in [0.25, 0.3) is 0 Å². The molecule has 0 aliphatic heterocycles. The Hall–Kier alpha value is -1.38. The zero-order valence-electron chi connectivity index (χ0n) is 5.87. The van der Waals surface area contributed by atoms with Crippen LogP contribution in [0.15, 0.2) is 30.0 Å². The molecule has 0 atom stereocenters. The van der Waals surface area contributed by atoms with Gasteiger partial charge in [-0.2, -0.15) is 5.10 Å². The average molecular weight is 138 g/mol. The van der Waals surface area contributed by atoms with Crippen LogP contribution in [0.1, 0.15) is 6.92 Å². The summed E-state index contributed by atoms with van der Waals surface area (Å²) in [6, 6.07) is 0. The first-order chi connectivity index (χ1) is 4.81. The minimum atomic E-state index is -0.142. The molecule has 0 aromatic carbocycles. The normalized spacial score (nSPS) is 10.5. The summed E-state index contributed by atoms with van der Waals surface area (Å²) in [5.41, 5.74) is 2.42. The van der Waals surface area contributed by atoms with Gasteiger partial charge in [0.15, 0.2) is 5.78 Å². The van der Waals surface area contributed by atoms with Crippen LogP contribution in [-0.4, -0.2) is 12.0 Å². The number of hydrazone groups is 1. The number of rotatable bonds is 4. The first-order valence-electron chi connectivity index (χ1n) is 2.87. The fourth-order valence-corrected chi connectivity index (χ4v) is 0.361. The van der Waals surface area contributed by atoms with Crippen molar-refractivity contribution in [3.05, 3.63) is 24.9 Å². The lowest BCUT2D eigenvalue weighted by molar-refractivity contribution is -0.108. The summed E-state index contributed by atoms with van der Waals surface area (Å²) in [6.45, 7) is 5.12. The summed E-state index contributed by atoms with van der Waals surface area (Å²) >= 11 is 0. The average Bonchev–Trinajstić information content (AvgIpc) is 1.89. The maximum absolute atomic E-state index is 10.6. The molecule has 0 fully saturated rings. The number of hydrogen-bond acceptors (Lipinski definition) is 3. The van der Waals surface area contributed by atoms with Crippen molar-refractivity contribution < 1.29 is 4.79 Å². The summed E-state index contributed by atoms with van der Waals surface area (Å²) in [7, 11) is 0. The Balaban J connectivity index is 3.66. The smallest absolute Gasteiger partial charge is 0.198 e. The Morgan fingerprint density at radius 3 is 2.90 bits per heavy atom. The van der Waals surface area contributed by atoms with Crippen LogP contribution in [0, 0.1) is 0 Å². The van der Waals surface area contributed by atoms with Gasteiger partial charge >= 0.3 is 0 Å². The fraction of sp³-hybridized carbons (Fsp3) is 0.143. The molecule has 10 heavy (non-hydrogen) atoms. The van der Waals surface area contributed by atoms with E-state index >= 15 is 0 Å². The van der Waals surface area contributed by atoms with E-state index in [1.807, 2.05) is 0 Å². The standard InChI is InChI=1S/C7H10N2O/c1-3-5-7(10)6-9-8-4-2/h3-6,8H,2H2,1H3/b5-3-,9-6?. The van der Waals surface area contributed by atoms with Crippen LogP contribution in [-0.2, 0) is 4.79 Å². The Labute approximate surface area is 60.1 Å². The molecule has 3 heteroatoms. The van der Waals surface area contributed by atoms with Crippen molar-refractivity contribution in [2.75, 3.05) is 0 Å². The van der Waals surface area contributed by atoms with Crippen LogP contribution in [0.4, 0.5) is 0 Å². The molecule has 0 radical (unpaired) electrons. The van der Waals surface area contributed by atoms with Crippen LogP contribution in [0.25, 0.3) is 0 Å². The van der Waals surface area contributed by atoms with E-state index in [0.717, 1.165) is 0 Å². The summed E-state index contributed by atoms with van der Waals surface area (Å²) in [5, 5.41) is 3.51. The molecule has 54 valence electrons. The van der Waals surface area contributed by atoms with Crippen LogP contribution in [0.3, 0.4) is 0 Å². The summed E-state index contributed by atoms with van der Waals surface area (Å²) in [4.78, 5) is 10.6. The monoisotopic (exact) mass is 138 g/mol. The molecule has 1 N–H and O–H groups in total. The van der Waals surface area contributed by atoms with Crippen molar-refractivity contribution in [1.82, 2.24) is 5.43 Å². The number of nitrogens with one attached hydrogen (secondary N) is 1. The minimum absolute atomic E-state index is 0.142. The van der Waals surface area contributed by atoms with Crippen molar-refractivity contribution in [2.45, 2.75) is 6.92 Å². The van der Waals surface area contributed by atoms with Gasteiger partial charge in [0, 0.05) is 6.20 Å². The van der Waals surface area contributed by atoms with E-state index in [2.05, 4.69) is 17.1 Å². The fourth-order valence-electron chi connectivity index (χ4n) is 0.361. The molecule has 0 rings (SSSR count). The molecular weight excluding hydrogens is 128 g/mol. The topological polar surface area (TPSA) is 41.5 Å². The highest BCUT2D eigenvalue weighted by atomic mass is 16.1. The van der Waals surface area contributed by atoms with E-state index < -0.39 is 0 Å². The quantitative estimate of drug-likeness (QED) is 0.355. The predicted molar refractivity (Wildman–Crippen MR) is 41.6 cm³/mol. The Bertz CT molecular complexity index is 170. The van der Waals surface area contributed by atoms with E-state index in [4.69, 9.17) is 0 Å². The molecule has 3 nitrogen and oxygen atoms in total. The second kappa shape index (κ2) is 5.75. The predicted octanol–water partition coefficient (Wildman–Crippen LogP) is 0.851. The highest BCUT2D eigenvalue weighted by Gasteiger charge is 1.84. The van der Waals surface area contributed by atoms with Crippen LogP contribution < -0.4 is 5.43 Å². The van der Waals surface area contributed by atoms with Gasteiger partial charge in [-0.25, -0.2) is 0 Å². The van der Waals surface area contributed by atoms with E-state index in [1.165, 1.54) is 18.5 Å². The Morgan fingerprint density at radius 2 is 2.40 bits per heavy atom. The van der Waals surface area contributed by atoms with Gasteiger partial charge in [-0.05, 0) is 13.0 Å². The van der Waals surface area contributed by atoms with E-state index in [-0.39, 0.29) is 5.78 Å². The lowest BCUT2D eigenvalue weighted by Gasteiger charge is -1.83. The van der Waals surface area contributed by atoms with Crippen molar-refractivity contribution in [2.24, 2.45) is 5.10 Å². The highest BCUT2D eigenvalue weighted by molar-refractivity contribution is 6.32. The second-order valence-electron chi connectivity index (χ2n) is 1.49. The van der Waals surface area contributed by atoms with Crippen molar-refractivity contribution in [1.29, 1.82) is 0 Å². The van der Waals surface area contributed by atoms with Gasteiger partial charge in [0.2, 0.25) is 0 Å². The molecule has 0 amide bonds. The molecule has 0 aliphatic rings. The number of nitrogens with zero attached hydrogens (tertiary/aromatic N) is 1. The molecule has 0 saturated heterocycles. The number of hydrogen-bond donors (Lipinski definition) is 1. The van der Waals surface area contributed by atoms with Crippen molar-refractivity contribution in [3.63, 3.8) is 0 Å². The van der Waals surface area contributed by atoms with Gasteiger partial charge in [-0.15, -0.1) is 0 Å². The zero-order valence-corrected chi connectivity index (χ0v) is 5.87. The Morgan fingerprint density at radius 1 is 1.70 bits per heavy atom. The first-order valence-corrected chi connectivity index (χ1v) is 2.87. The third-order valence-corrected chi connectivity index (χ3v) is 0.689. The van der Waals surface area contributed by atoms with Gasteiger partial charge in [-0.3, -0.25) is 10.2 Å². The molecule has 0 heterocycles. The largest absolute Gasteiger partial charge is 0.288 e. The first kappa shape index (κ1) is 8.62. The lowest BCUT2D eigenvalue weighted by Crippen LogP contribution is -1.99. The molecule has 0 spiro atoms. The van der Waals surface area contributed by atoms with Gasteiger partial charge in [0.05, 0.1) is 6.21 Å². The minimum Gasteiger partial charge on any atom is -0.288 e. The second-order valence-corrected chi connectivity index (χ2v) is 1.49. The van der Waals surface area contributed by atoms with Crippen molar-refractivity contribution in [3.8, 4) is 0 Å². The SMILES string of the molecule is C=CNN=CC(=O)/C=C\C. The van der Waals surface area contributed by atoms with Crippen LogP contribution >= 0.6 is 0 Å². The highest BCUT2D eigenvalue weighted by Crippen LogP contribution is 1.71. The summed E-state index contributed by atoms with van der Waals surface area (Å²) in [6.07, 6.45) is 5.65. The van der Waals surface area contributed by atoms with E-state index in [1.54, 1.807) is 13.0 Å². The molecule has 0 aliphatic carbocycles. The van der Waals surface area contributed by atoms with Crippen molar-refractivity contribution >= 4 is 12.0 Å². The summed E-state index contributed by atoms with van der Waals surface area (Å²) < 4.78 is 0. The van der Waals surface area contributed by atoms with Gasteiger partial charge in [0.1, 0.15) is 0 Å². The number of allylic oxidation sites excluding steroid dienone is 2. The molecule has 0 unspecified atom stereocenters. The lowest BCUT2D eigenvalue weighted by atomic mass is 10.4. The third kappa shape index (κ3) is 4.77. The molecule has 0 bridgehead atoms. The molecule has 0 aromatic rings. The number of carbonyl (C=O) groups is 1. The van der Waals surface area contributed by atoms with Gasteiger partial charge < -0.3 is 0 Å².